The molecular formula is C43H24N2O2. The summed E-state index contributed by atoms with van der Waals surface area (Å²) in [5.74, 6) is 0. The van der Waals surface area contributed by atoms with E-state index in [0.717, 1.165) is 77.1 Å². The van der Waals surface area contributed by atoms with Crippen LogP contribution in [0.1, 0.15) is 0 Å². The molecule has 0 aliphatic carbocycles. The Morgan fingerprint density at radius 3 is 1.74 bits per heavy atom. The minimum Gasteiger partial charge on any atom is -0.456 e. The third kappa shape index (κ3) is 3.44. The molecule has 0 saturated carbocycles. The van der Waals surface area contributed by atoms with Crippen LogP contribution in [-0.4, -0.2) is 9.38 Å². The number of hydrogen-bond donors (Lipinski definition) is 0. The largest absolute Gasteiger partial charge is 0.456 e. The van der Waals surface area contributed by atoms with Crippen molar-refractivity contribution in [1.29, 1.82) is 0 Å². The van der Waals surface area contributed by atoms with Gasteiger partial charge >= 0.3 is 0 Å². The number of pyridine rings is 1. The summed E-state index contributed by atoms with van der Waals surface area (Å²) in [6.07, 6.45) is 0. The highest BCUT2D eigenvalue weighted by Crippen LogP contribution is 2.41. The number of hydrogen-bond acceptors (Lipinski definition) is 3. The van der Waals surface area contributed by atoms with Crippen LogP contribution >= 0.6 is 0 Å². The smallest absolute Gasteiger partial charge is 0.146 e. The average Bonchev–Trinajstić information content (AvgIpc) is 3.82. The summed E-state index contributed by atoms with van der Waals surface area (Å²) in [6, 6.07) is 51.3. The molecule has 0 atom stereocenters. The lowest BCUT2D eigenvalue weighted by molar-refractivity contribution is 0.663. The normalized spacial score (nSPS) is 12.3. The number of para-hydroxylation sites is 4. The molecule has 0 aliphatic heterocycles. The minimum absolute atomic E-state index is 0.871. The third-order valence-electron chi connectivity index (χ3n) is 9.78. The van der Waals surface area contributed by atoms with Crippen molar-refractivity contribution >= 4 is 82.2 Å². The maximum Gasteiger partial charge on any atom is 0.146 e. The van der Waals surface area contributed by atoms with Crippen LogP contribution in [0.15, 0.2) is 154 Å². The van der Waals surface area contributed by atoms with Gasteiger partial charge in [-0.15, -0.1) is 0 Å². The van der Waals surface area contributed by atoms with Crippen molar-refractivity contribution in [2.75, 3.05) is 0 Å². The molecule has 0 radical (unpaired) electrons. The van der Waals surface area contributed by atoms with Crippen LogP contribution in [0.4, 0.5) is 0 Å². The van der Waals surface area contributed by atoms with Crippen LogP contribution in [0.5, 0.6) is 0 Å². The van der Waals surface area contributed by atoms with E-state index in [4.69, 9.17) is 13.8 Å². The molecule has 0 bridgehead atoms. The van der Waals surface area contributed by atoms with Gasteiger partial charge in [0.05, 0.1) is 16.6 Å². The summed E-state index contributed by atoms with van der Waals surface area (Å²) in [6.45, 7) is 0. The Balaban J connectivity index is 1.02. The molecule has 0 fully saturated rings. The zero-order valence-electron chi connectivity index (χ0n) is 25.1. The molecule has 4 heterocycles. The molecule has 0 unspecified atom stereocenters. The molecule has 4 aromatic heterocycles. The Morgan fingerprint density at radius 2 is 0.957 bits per heavy atom. The second kappa shape index (κ2) is 9.09. The molecule has 4 nitrogen and oxygen atoms in total. The molecule has 0 amide bonds. The average molecular weight is 601 g/mol. The Kier molecular flexibility index (Phi) is 4.81. The predicted octanol–water partition coefficient (Wildman–Crippen LogP) is 11.9. The Morgan fingerprint density at radius 1 is 0.383 bits per heavy atom. The van der Waals surface area contributed by atoms with E-state index >= 15 is 0 Å². The lowest BCUT2D eigenvalue weighted by atomic mass is 9.96. The monoisotopic (exact) mass is 600 g/mol. The number of furan rings is 2. The standard InChI is InChI=1S/C43H24N2O2/c1-4-10-35-29(7-1)33-23-27(17-19-30(33)43-44-34-9-3-5-11-36(34)45(35)43)25-13-15-26(16-14-25)28-18-20-32-40(24-28)47-39-22-21-38-41(42(32)39)31-8-2-6-12-37(31)46-38/h1-24H. The lowest BCUT2D eigenvalue weighted by Crippen LogP contribution is -1.91. The van der Waals surface area contributed by atoms with Crippen molar-refractivity contribution in [3.8, 4) is 22.3 Å². The minimum atomic E-state index is 0.871. The topological polar surface area (TPSA) is 43.6 Å². The van der Waals surface area contributed by atoms with Crippen LogP contribution in [0.2, 0.25) is 0 Å². The van der Waals surface area contributed by atoms with Crippen molar-refractivity contribution in [1.82, 2.24) is 9.38 Å². The van der Waals surface area contributed by atoms with Gasteiger partial charge in [-0.25, -0.2) is 4.98 Å². The quantitative estimate of drug-likeness (QED) is 0.185. The fourth-order valence-corrected chi connectivity index (χ4v) is 7.60. The zero-order valence-corrected chi connectivity index (χ0v) is 25.1. The van der Waals surface area contributed by atoms with Crippen LogP contribution in [0.3, 0.4) is 0 Å². The van der Waals surface area contributed by atoms with Crippen molar-refractivity contribution in [3.05, 3.63) is 146 Å². The van der Waals surface area contributed by atoms with E-state index < -0.39 is 0 Å². The first-order valence-electron chi connectivity index (χ1n) is 15.9. The number of rotatable bonds is 2. The molecule has 11 aromatic rings. The fraction of sp³-hybridized carbons (Fsp3) is 0. The van der Waals surface area contributed by atoms with Crippen LogP contribution in [0.25, 0.3) is 104 Å². The molecule has 4 heteroatoms. The van der Waals surface area contributed by atoms with E-state index in [2.05, 4.69) is 126 Å². The fourth-order valence-electron chi connectivity index (χ4n) is 7.60. The van der Waals surface area contributed by atoms with E-state index in [9.17, 15) is 0 Å². The van der Waals surface area contributed by atoms with Crippen LogP contribution in [-0.2, 0) is 0 Å². The number of nitrogens with zero attached hydrogens (tertiary/aromatic N) is 2. The Hall–Kier alpha value is -6.39. The van der Waals surface area contributed by atoms with Gasteiger partial charge in [-0.05, 0) is 88.3 Å². The Labute approximate surface area is 267 Å². The SMILES string of the molecule is c1ccc2c(c1)nc1c3ccc(-c4ccc(-c5ccc6c(c5)oc5ccc7oc8ccccc8c7c56)cc4)cc3c3ccccc3n21. The first-order chi connectivity index (χ1) is 23.3. The molecule has 0 saturated heterocycles. The number of aromatic nitrogens is 2. The maximum absolute atomic E-state index is 6.41. The lowest BCUT2D eigenvalue weighted by Gasteiger charge is -2.11. The molecule has 0 spiro atoms. The highest BCUT2D eigenvalue weighted by atomic mass is 16.3. The van der Waals surface area contributed by atoms with Gasteiger partial charge in [0.15, 0.2) is 0 Å². The molecule has 0 N–H and O–H groups in total. The summed E-state index contributed by atoms with van der Waals surface area (Å²) in [5, 5.41) is 8.00. The highest BCUT2D eigenvalue weighted by molar-refractivity contribution is 6.26. The summed E-state index contributed by atoms with van der Waals surface area (Å²) in [7, 11) is 0. The van der Waals surface area contributed by atoms with E-state index in [1.54, 1.807) is 0 Å². The van der Waals surface area contributed by atoms with Gasteiger partial charge in [0, 0.05) is 32.3 Å². The van der Waals surface area contributed by atoms with Gasteiger partial charge in [0.2, 0.25) is 0 Å². The van der Waals surface area contributed by atoms with E-state index in [1.807, 2.05) is 24.3 Å². The van der Waals surface area contributed by atoms with Crippen molar-refractivity contribution in [2.45, 2.75) is 0 Å². The summed E-state index contributed by atoms with van der Waals surface area (Å²) in [4.78, 5) is 5.05. The van der Waals surface area contributed by atoms with Gasteiger partial charge < -0.3 is 8.83 Å². The number of fused-ring (bicyclic) bond motifs is 15. The van der Waals surface area contributed by atoms with E-state index in [1.165, 1.54) is 27.4 Å². The molecule has 218 valence electrons. The van der Waals surface area contributed by atoms with E-state index in [-0.39, 0.29) is 0 Å². The van der Waals surface area contributed by atoms with Gasteiger partial charge in [-0.1, -0.05) is 84.9 Å². The third-order valence-corrected chi connectivity index (χ3v) is 9.78. The molecule has 47 heavy (non-hydrogen) atoms. The van der Waals surface area contributed by atoms with Crippen molar-refractivity contribution in [2.24, 2.45) is 0 Å². The van der Waals surface area contributed by atoms with Crippen molar-refractivity contribution in [3.63, 3.8) is 0 Å². The number of benzene rings is 7. The summed E-state index contributed by atoms with van der Waals surface area (Å²) < 4.78 is 14.9. The van der Waals surface area contributed by atoms with Gasteiger partial charge in [-0.3, -0.25) is 4.40 Å². The van der Waals surface area contributed by atoms with Crippen LogP contribution < -0.4 is 0 Å². The van der Waals surface area contributed by atoms with Crippen molar-refractivity contribution < 1.29 is 8.83 Å². The van der Waals surface area contributed by atoms with Gasteiger partial charge in [0.1, 0.15) is 28.0 Å². The summed E-state index contributed by atoms with van der Waals surface area (Å²) >= 11 is 0. The van der Waals surface area contributed by atoms with Crippen LogP contribution in [0, 0.1) is 0 Å². The first kappa shape index (κ1) is 24.9. The molecular weight excluding hydrogens is 576 g/mol. The second-order valence-electron chi connectivity index (χ2n) is 12.3. The highest BCUT2D eigenvalue weighted by Gasteiger charge is 2.17. The Bertz CT molecular complexity index is 3070. The predicted molar refractivity (Wildman–Crippen MR) is 193 cm³/mol. The first-order valence-corrected chi connectivity index (χ1v) is 15.9. The molecule has 0 aliphatic rings. The van der Waals surface area contributed by atoms with E-state index in [0.29, 0.717) is 0 Å². The van der Waals surface area contributed by atoms with Gasteiger partial charge in [-0.2, -0.15) is 0 Å². The second-order valence-corrected chi connectivity index (χ2v) is 12.3. The number of imidazole rings is 1. The molecule has 7 aromatic carbocycles. The summed E-state index contributed by atoms with van der Waals surface area (Å²) in [5.41, 5.74) is 12.4. The maximum atomic E-state index is 6.41. The van der Waals surface area contributed by atoms with Gasteiger partial charge in [0.25, 0.3) is 0 Å². The molecule has 11 rings (SSSR count). The zero-order chi connectivity index (χ0) is 30.6.